The minimum atomic E-state index is -10.7. The Morgan fingerprint density at radius 1 is 0.381 bits per heavy atom. The van der Waals surface area contributed by atoms with Gasteiger partial charge in [0.15, 0.2) is 0 Å². The third kappa shape index (κ3) is 27.9. The van der Waals surface area contributed by atoms with Gasteiger partial charge in [0.25, 0.3) is 0 Å². The normalized spacial score (nSPS) is 31.4. The Hall–Kier alpha value is 2.78. The van der Waals surface area contributed by atoms with Gasteiger partial charge in [-0.15, -0.1) is 0 Å². The van der Waals surface area contributed by atoms with E-state index in [1.54, 1.807) is 0 Å². The zero-order chi connectivity index (χ0) is 33.1. The second-order valence-corrected chi connectivity index (χ2v) is 15.0. The fraction of sp³-hybridized carbons (Fsp3) is 1.00. The van der Waals surface area contributed by atoms with Crippen LogP contribution in [0.4, 0.5) is 50.4 Å². The maximum absolute atomic E-state index is 10.7. The Bertz CT molecular complexity index is 674. The van der Waals surface area contributed by atoms with Crippen LogP contribution in [0.3, 0.4) is 0 Å². The van der Waals surface area contributed by atoms with Crippen LogP contribution in [0.5, 0.6) is 0 Å². The van der Waals surface area contributed by atoms with Crippen LogP contribution in [-0.2, 0) is 0 Å². The molecule has 0 radical (unpaired) electrons. The first kappa shape index (κ1) is 44.8. The number of piperazine rings is 6. The fourth-order valence-corrected chi connectivity index (χ4v) is 5.74. The molecule has 6 saturated heterocycles. The molecule has 4 nitrogen and oxygen atoms in total. The summed E-state index contributed by atoms with van der Waals surface area (Å²) in [7, 11) is -21.3. The molecule has 22 heteroatoms. The number of hydrogen-bond donors (Lipinski definition) is 0. The molecule has 0 saturated carbocycles. The van der Waals surface area contributed by atoms with E-state index in [1.807, 2.05) is 0 Å². The summed E-state index contributed by atoms with van der Waals surface area (Å²) >= 11 is 8.48. The molecule has 6 heterocycles. The van der Waals surface area contributed by atoms with Gasteiger partial charge in [-0.05, 0) is 25.7 Å². The molecular weight excluding hydrogens is 1090 g/mol. The predicted molar refractivity (Wildman–Crippen MR) is 183 cm³/mol. The van der Waals surface area contributed by atoms with E-state index in [0.29, 0.717) is 0 Å². The van der Waals surface area contributed by atoms with E-state index in [0.717, 1.165) is 0 Å². The average Bonchev–Trinajstić information content (AvgIpc) is 2.86. The van der Waals surface area contributed by atoms with Crippen LogP contribution in [0.25, 0.3) is 0 Å². The summed E-state index contributed by atoms with van der Waals surface area (Å²) in [6.07, 6.45) is 8.91. The van der Waals surface area contributed by atoms with Gasteiger partial charge in [0.2, 0.25) is 0 Å². The Morgan fingerprint density at radius 2 is 0.548 bits per heavy atom. The Balaban J connectivity index is 0.000000776. The molecule has 0 aromatic heterocycles. The molecule has 0 aliphatic carbocycles. The van der Waals surface area contributed by atoms with Crippen molar-refractivity contribution in [2.45, 2.75) is 38.5 Å². The summed E-state index contributed by atoms with van der Waals surface area (Å²) < 4.78 is 121. The van der Waals surface area contributed by atoms with Gasteiger partial charge in [-0.3, -0.25) is 9.80 Å². The zero-order valence-electron chi connectivity index (χ0n) is 22.9. The van der Waals surface area contributed by atoms with Crippen LogP contribution < -0.4 is 0 Å². The van der Waals surface area contributed by atoms with E-state index < -0.39 is 15.6 Å². The summed E-state index contributed by atoms with van der Waals surface area (Å²) in [6, 6.07) is 0. The van der Waals surface area contributed by atoms with Crippen LogP contribution in [-0.4, -0.2) is 110 Å². The molecular formula is C20H40F12I4N4P2. The first-order chi connectivity index (χ1) is 18.7. The zero-order valence-corrected chi connectivity index (χ0v) is 33.3. The second kappa shape index (κ2) is 16.0. The molecule has 262 valence electrons. The number of nitrogens with zero attached hydrogens (tertiary/aromatic N) is 4. The first-order valence-corrected chi connectivity index (χ1v) is 29.9. The summed E-state index contributed by atoms with van der Waals surface area (Å²) in [5.74, 6) is 0. The van der Waals surface area contributed by atoms with E-state index in [-0.39, 0.29) is 0 Å². The van der Waals surface area contributed by atoms with Crippen molar-refractivity contribution >= 4 is 90.1 Å². The van der Waals surface area contributed by atoms with Crippen molar-refractivity contribution in [2.75, 3.05) is 91.6 Å². The molecule has 0 aromatic carbocycles. The molecule has 4 bridgehead atoms. The smallest absolute Gasteiger partial charge is 0 e. The van der Waals surface area contributed by atoms with Crippen molar-refractivity contribution in [3.63, 3.8) is 0 Å². The molecule has 42 heavy (non-hydrogen) atoms. The number of hydrogen-bond acceptors (Lipinski definition) is 2. The summed E-state index contributed by atoms with van der Waals surface area (Å²) in [4.78, 5) is 5.32. The quantitative estimate of drug-likeness (QED) is 0.0746. The SMILES string of the molecule is C(CCCC[N+]12CCN(CC1)CC2)CCC[N+]12CCN(CC1)CC2.F[P-](F)(F)(F)(F)F.F[P-](F)(F)(F)(F)F.II.II. The molecule has 0 spiro atoms. The van der Waals surface area contributed by atoms with E-state index in [2.05, 4.69) is 84.3 Å². The van der Waals surface area contributed by atoms with Crippen LogP contribution in [0, 0.1) is 0 Å². The number of rotatable bonds is 9. The summed E-state index contributed by atoms with van der Waals surface area (Å²) in [5, 5.41) is 0. The van der Waals surface area contributed by atoms with E-state index in [4.69, 9.17) is 0 Å². The van der Waals surface area contributed by atoms with Crippen LogP contribution in [0.2, 0.25) is 0 Å². The van der Waals surface area contributed by atoms with Gasteiger partial charge in [-0.2, -0.15) is 0 Å². The first-order valence-electron chi connectivity index (χ1n) is 13.2. The molecule has 6 fully saturated rings. The Kier molecular flexibility index (Phi) is 17.1. The monoisotopic (exact) mass is 1130 g/mol. The van der Waals surface area contributed by atoms with Gasteiger partial charge >= 0.3 is 66.0 Å². The molecule has 6 rings (SSSR count). The second-order valence-electron chi connectivity index (χ2n) is 11.2. The van der Waals surface area contributed by atoms with Gasteiger partial charge in [0.05, 0.1) is 52.4 Å². The number of halogens is 16. The van der Waals surface area contributed by atoms with Crippen LogP contribution >= 0.6 is 90.1 Å². The summed E-state index contributed by atoms with van der Waals surface area (Å²) in [5.41, 5.74) is 0. The average molecular weight is 1130 g/mol. The number of unbranched alkanes of at least 4 members (excludes halogenated alkanes) is 5. The predicted octanol–water partition coefficient (Wildman–Crippen LogP) is 11.9. The third-order valence-corrected chi connectivity index (χ3v) is 7.86. The number of fused-ring (bicyclic) bond motifs is 6. The molecule has 6 aliphatic heterocycles. The van der Waals surface area contributed by atoms with Crippen molar-refractivity contribution < 1.29 is 59.3 Å². The molecule has 0 N–H and O–H groups in total. The Morgan fingerprint density at radius 3 is 0.738 bits per heavy atom. The topological polar surface area (TPSA) is 6.48 Å². The fourth-order valence-electron chi connectivity index (χ4n) is 5.74. The van der Waals surface area contributed by atoms with Crippen LogP contribution in [0.15, 0.2) is 0 Å². The van der Waals surface area contributed by atoms with E-state index in [1.165, 1.54) is 139 Å². The van der Waals surface area contributed by atoms with Crippen LogP contribution in [0.1, 0.15) is 38.5 Å². The largest absolute Gasteiger partial charge is 0 e. The van der Waals surface area contributed by atoms with Crippen molar-refractivity contribution in [1.29, 1.82) is 0 Å². The maximum Gasteiger partial charge on any atom is 0 e. The van der Waals surface area contributed by atoms with E-state index >= 15 is 0 Å². The van der Waals surface area contributed by atoms with Crippen molar-refractivity contribution in [2.24, 2.45) is 0 Å². The minimum Gasteiger partial charge on any atom is 0 e. The molecule has 0 aromatic rings. The molecule has 0 unspecified atom stereocenters. The number of quaternary nitrogens is 2. The van der Waals surface area contributed by atoms with Gasteiger partial charge in [0, 0.05) is 114 Å². The standard InChI is InChI=1S/C20H40N4.2F6P.2I2/c1(3-5-13-23-15-7-21(8-16-23)9-17-23)2-4-6-14-24-18-10-22(11-19-24)12-20-24;2*1-7(2,3,4,5)6;2*1-2/h1-20H2;;;;/q+2;2*-1;;. The van der Waals surface area contributed by atoms with Gasteiger partial charge < -0.3 is 8.97 Å². The van der Waals surface area contributed by atoms with Crippen molar-refractivity contribution in [3.8, 4) is 0 Å². The summed E-state index contributed by atoms with van der Waals surface area (Å²) in [6.45, 7) is 19.8. The third-order valence-electron chi connectivity index (χ3n) is 7.86. The molecule has 6 aliphatic rings. The van der Waals surface area contributed by atoms with Gasteiger partial charge in [0.1, 0.15) is 0 Å². The molecule has 0 amide bonds. The van der Waals surface area contributed by atoms with Gasteiger partial charge in [-0.1, -0.05) is 12.8 Å². The van der Waals surface area contributed by atoms with Crippen molar-refractivity contribution in [3.05, 3.63) is 0 Å². The minimum absolute atomic E-state index is 1.37. The maximum atomic E-state index is 9.87. The van der Waals surface area contributed by atoms with E-state index in [9.17, 15) is 50.4 Å². The van der Waals surface area contributed by atoms with Gasteiger partial charge in [-0.25, -0.2) is 0 Å². The Labute approximate surface area is 286 Å². The molecule has 0 atom stereocenters. The van der Waals surface area contributed by atoms with Crippen molar-refractivity contribution in [1.82, 2.24) is 9.80 Å².